The van der Waals surface area contributed by atoms with Gasteiger partial charge < -0.3 is 10.2 Å². The average molecular weight is 263 g/mol. The van der Waals surface area contributed by atoms with Gasteiger partial charge in [-0.2, -0.15) is 0 Å². The van der Waals surface area contributed by atoms with Crippen molar-refractivity contribution < 1.29 is 15.0 Å². The molecule has 1 aromatic carbocycles. The van der Waals surface area contributed by atoms with Crippen LogP contribution >= 0.6 is 11.8 Å². The van der Waals surface area contributed by atoms with Crippen molar-refractivity contribution in [3.05, 3.63) is 36.0 Å². The molecule has 2 N–H and O–H groups in total. The van der Waals surface area contributed by atoms with Crippen molar-refractivity contribution in [1.82, 2.24) is 4.98 Å². The number of aromatic nitrogens is 1. The molecule has 1 aromatic heterocycles. The lowest BCUT2D eigenvalue weighted by atomic mass is 10.1. The standard InChI is InChI=1S/C13H13NO3S/c1-8(13(16)17)18-7-9-4-5-11(15)12-10(9)3-2-6-14-12/h2-6,8,15H,7H2,1H3,(H,16,17). The van der Waals surface area contributed by atoms with Crippen LogP contribution in [0.1, 0.15) is 12.5 Å². The highest BCUT2D eigenvalue weighted by Gasteiger charge is 2.13. The van der Waals surface area contributed by atoms with Crippen LogP contribution in [0.25, 0.3) is 10.9 Å². The molecule has 2 rings (SSSR count). The van der Waals surface area contributed by atoms with Gasteiger partial charge in [0.05, 0.1) is 5.25 Å². The molecule has 0 bridgehead atoms. The van der Waals surface area contributed by atoms with Crippen molar-refractivity contribution in [2.75, 3.05) is 0 Å². The average Bonchev–Trinajstić information content (AvgIpc) is 2.38. The Morgan fingerprint density at radius 1 is 1.44 bits per heavy atom. The first-order chi connectivity index (χ1) is 8.59. The van der Waals surface area contributed by atoms with Gasteiger partial charge in [-0.15, -0.1) is 11.8 Å². The molecule has 0 fully saturated rings. The Morgan fingerprint density at radius 3 is 2.94 bits per heavy atom. The van der Waals surface area contributed by atoms with Crippen LogP contribution in [-0.2, 0) is 10.5 Å². The number of hydrogen-bond acceptors (Lipinski definition) is 4. The molecule has 18 heavy (non-hydrogen) atoms. The molecule has 94 valence electrons. The highest BCUT2D eigenvalue weighted by molar-refractivity contribution is 7.99. The van der Waals surface area contributed by atoms with Crippen molar-refractivity contribution in [1.29, 1.82) is 0 Å². The summed E-state index contributed by atoms with van der Waals surface area (Å²) in [6.07, 6.45) is 1.62. The molecule has 0 radical (unpaired) electrons. The Morgan fingerprint density at radius 2 is 2.22 bits per heavy atom. The van der Waals surface area contributed by atoms with Crippen LogP contribution < -0.4 is 0 Å². The number of nitrogens with zero attached hydrogens (tertiary/aromatic N) is 1. The second kappa shape index (κ2) is 5.27. The molecule has 0 aliphatic heterocycles. The van der Waals surface area contributed by atoms with Crippen LogP contribution in [-0.4, -0.2) is 26.4 Å². The fourth-order valence-electron chi connectivity index (χ4n) is 1.63. The van der Waals surface area contributed by atoms with Crippen molar-refractivity contribution in [3.63, 3.8) is 0 Å². The van der Waals surface area contributed by atoms with Gasteiger partial charge in [0, 0.05) is 17.3 Å². The topological polar surface area (TPSA) is 70.4 Å². The van der Waals surface area contributed by atoms with E-state index >= 15 is 0 Å². The third kappa shape index (κ3) is 2.56. The zero-order chi connectivity index (χ0) is 13.1. The molecule has 5 heteroatoms. The van der Waals surface area contributed by atoms with Crippen LogP contribution in [0.5, 0.6) is 5.75 Å². The number of pyridine rings is 1. The number of thioether (sulfide) groups is 1. The summed E-state index contributed by atoms with van der Waals surface area (Å²) in [4.78, 5) is 14.9. The third-order valence-corrected chi connectivity index (χ3v) is 3.85. The summed E-state index contributed by atoms with van der Waals surface area (Å²) in [5, 5.41) is 19.0. The van der Waals surface area contributed by atoms with Crippen molar-refractivity contribution in [3.8, 4) is 5.75 Å². The highest BCUT2D eigenvalue weighted by Crippen LogP contribution is 2.29. The second-order valence-electron chi connectivity index (χ2n) is 3.93. The first-order valence-electron chi connectivity index (χ1n) is 5.49. The van der Waals surface area contributed by atoms with Gasteiger partial charge in [0.15, 0.2) is 0 Å². The van der Waals surface area contributed by atoms with Crippen LogP contribution in [0.2, 0.25) is 0 Å². The van der Waals surface area contributed by atoms with Gasteiger partial charge in [-0.3, -0.25) is 9.78 Å². The maximum absolute atomic E-state index is 10.8. The summed E-state index contributed by atoms with van der Waals surface area (Å²) < 4.78 is 0. The lowest BCUT2D eigenvalue weighted by Crippen LogP contribution is -2.11. The summed E-state index contributed by atoms with van der Waals surface area (Å²) in [7, 11) is 0. The predicted molar refractivity (Wildman–Crippen MR) is 71.8 cm³/mol. The fourth-order valence-corrected chi connectivity index (χ4v) is 2.45. The van der Waals surface area contributed by atoms with E-state index in [4.69, 9.17) is 5.11 Å². The van der Waals surface area contributed by atoms with Gasteiger partial charge in [-0.1, -0.05) is 12.1 Å². The number of phenolic OH excluding ortho intramolecular Hbond substituents is 1. The number of benzene rings is 1. The summed E-state index contributed by atoms with van der Waals surface area (Å²) in [6.45, 7) is 1.66. The smallest absolute Gasteiger partial charge is 0.316 e. The minimum absolute atomic E-state index is 0.144. The number of carbonyl (C=O) groups is 1. The fraction of sp³-hybridized carbons (Fsp3) is 0.231. The van der Waals surface area contributed by atoms with Crippen molar-refractivity contribution >= 4 is 28.6 Å². The van der Waals surface area contributed by atoms with E-state index in [1.165, 1.54) is 11.8 Å². The van der Waals surface area contributed by atoms with Crippen molar-refractivity contribution in [2.45, 2.75) is 17.9 Å². The largest absolute Gasteiger partial charge is 0.506 e. The summed E-state index contributed by atoms with van der Waals surface area (Å²) in [5.74, 6) is -0.0949. The molecule has 1 atom stereocenters. The maximum Gasteiger partial charge on any atom is 0.316 e. The van der Waals surface area contributed by atoms with Gasteiger partial charge in [0.25, 0.3) is 0 Å². The Bertz CT molecular complexity index is 585. The normalized spacial score (nSPS) is 12.5. The predicted octanol–water partition coefficient (Wildman–Crippen LogP) is 2.65. The van der Waals surface area contributed by atoms with E-state index in [0.717, 1.165) is 10.9 Å². The van der Waals surface area contributed by atoms with Crippen LogP contribution in [0.15, 0.2) is 30.5 Å². The molecule has 1 heterocycles. The quantitative estimate of drug-likeness (QED) is 0.887. The molecular weight excluding hydrogens is 250 g/mol. The number of carboxylic acid groups (broad SMARTS) is 1. The lowest BCUT2D eigenvalue weighted by molar-refractivity contribution is -0.136. The van der Waals surface area contributed by atoms with E-state index in [1.807, 2.05) is 6.07 Å². The molecular formula is C13H13NO3S. The molecule has 1 unspecified atom stereocenters. The minimum Gasteiger partial charge on any atom is -0.506 e. The summed E-state index contributed by atoms with van der Waals surface area (Å²) >= 11 is 1.35. The minimum atomic E-state index is -0.818. The zero-order valence-electron chi connectivity index (χ0n) is 9.83. The van der Waals surface area contributed by atoms with E-state index in [2.05, 4.69) is 4.98 Å². The molecule has 0 aliphatic rings. The van der Waals surface area contributed by atoms with E-state index in [-0.39, 0.29) is 5.75 Å². The first-order valence-corrected chi connectivity index (χ1v) is 6.54. The van der Waals surface area contributed by atoms with Gasteiger partial charge >= 0.3 is 5.97 Å². The number of phenols is 1. The van der Waals surface area contributed by atoms with Crippen molar-refractivity contribution in [2.24, 2.45) is 0 Å². The van der Waals surface area contributed by atoms with Crippen LogP contribution in [0.3, 0.4) is 0 Å². The molecule has 0 saturated carbocycles. The van der Waals surface area contributed by atoms with E-state index in [1.54, 1.807) is 31.3 Å². The Labute approximate surface area is 109 Å². The second-order valence-corrected chi connectivity index (χ2v) is 5.26. The Hall–Kier alpha value is -1.75. The number of rotatable bonds is 4. The summed E-state index contributed by atoms with van der Waals surface area (Å²) in [5.41, 5.74) is 1.53. The maximum atomic E-state index is 10.8. The molecule has 0 amide bonds. The monoisotopic (exact) mass is 263 g/mol. The SMILES string of the molecule is CC(SCc1ccc(O)c2ncccc12)C(=O)O. The number of aromatic hydroxyl groups is 1. The number of fused-ring (bicyclic) bond motifs is 1. The molecule has 2 aromatic rings. The molecule has 0 aliphatic carbocycles. The number of hydrogen-bond donors (Lipinski definition) is 2. The number of carboxylic acids is 1. The van der Waals surface area contributed by atoms with E-state index < -0.39 is 11.2 Å². The zero-order valence-corrected chi connectivity index (χ0v) is 10.6. The third-order valence-electron chi connectivity index (χ3n) is 2.68. The Kier molecular flexibility index (Phi) is 3.72. The lowest BCUT2D eigenvalue weighted by Gasteiger charge is -2.09. The van der Waals surface area contributed by atoms with Gasteiger partial charge in [-0.25, -0.2) is 0 Å². The highest BCUT2D eigenvalue weighted by atomic mass is 32.2. The molecule has 4 nitrogen and oxygen atoms in total. The van der Waals surface area contributed by atoms with E-state index in [0.29, 0.717) is 11.3 Å². The summed E-state index contributed by atoms with van der Waals surface area (Å²) in [6, 6.07) is 7.08. The van der Waals surface area contributed by atoms with Gasteiger partial charge in [-0.05, 0) is 24.6 Å². The number of aliphatic carboxylic acids is 1. The molecule has 0 spiro atoms. The van der Waals surface area contributed by atoms with E-state index in [9.17, 15) is 9.90 Å². The van der Waals surface area contributed by atoms with Gasteiger partial charge in [0.1, 0.15) is 11.3 Å². The first kappa shape index (κ1) is 12.7. The van der Waals surface area contributed by atoms with Crippen LogP contribution in [0, 0.1) is 0 Å². The Balaban J connectivity index is 2.29. The molecule has 0 saturated heterocycles. The van der Waals surface area contributed by atoms with Gasteiger partial charge in [0.2, 0.25) is 0 Å². The van der Waals surface area contributed by atoms with Crippen LogP contribution in [0.4, 0.5) is 0 Å².